The highest BCUT2D eigenvalue weighted by Gasteiger charge is 1.98. The van der Waals surface area contributed by atoms with E-state index in [1.807, 2.05) is 21.0 Å². The molecule has 0 spiro atoms. The molecular formula is C7H13NO2. The molecule has 3 heteroatoms. The number of carbonyl (C=O) groups is 1. The first kappa shape index (κ1) is 9.01. The van der Waals surface area contributed by atoms with Crippen molar-refractivity contribution in [2.24, 2.45) is 0 Å². The third-order valence-electron chi connectivity index (χ3n) is 1.23. The molecule has 0 aromatic heterocycles. The molecule has 58 valence electrons. The van der Waals surface area contributed by atoms with Gasteiger partial charge in [-0.2, -0.15) is 0 Å². The molecule has 0 heterocycles. The lowest BCUT2D eigenvalue weighted by molar-refractivity contribution is -0.131. The Labute approximate surface area is 61.0 Å². The molecule has 0 bridgehead atoms. The number of aliphatic carboxylic acids is 1. The number of hydrogen-bond donors (Lipinski definition) is 1. The van der Waals surface area contributed by atoms with Crippen LogP contribution in [0.3, 0.4) is 0 Å². The maximum atomic E-state index is 10.2. The molecule has 0 saturated heterocycles. The highest BCUT2D eigenvalue weighted by Crippen LogP contribution is 2.02. The third kappa shape index (κ3) is 3.12. The van der Waals surface area contributed by atoms with Gasteiger partial charge in [0.2, 0.25) is 0 Å². The predicted molar refractivity (Wildman–Crippen MR) is 39.7 cm³/mol. The Morgan fingerprint density at radius 1 is 1.60 bits per heavy atom. The van der Waals surface area contributed by atoms with E-state index in [1.54, 1.807) is 4.90 Å². The Morgan fingerprint density at radius 3 is 2.20 bits per heavy atom. The molecule has 0 aromatic rings. The summed E-state index contributed by atoms with van der Waals surface area (Å²) in [5.74, 6) is -0.884. The molecule has 0 aliphatic rings. The number of nitrogens with zero attached hydrogens (tertiary/aromatic N) is 1. The first-order valence-electron chi connectivity index (χ1n) is 3.18. The summed E-state index contributed by atoms with van der Waals surface area (Å²) in [5, 5.41) is 8.36. The second-order valence-electron chi connectivity index (χ2n) is 2.22. The summed E-state index contributed by atoms with van der Waals surface area (Å²) in [6.45, 7) is 1.93. The van der Waals surface area contributed by atoms with Crippen molar-refractivity contribution < 1.29 is 9.90 Å². The number of carboxylic acid groups (broad SMARTS) is 1. The normalized spacial score (nSPS) is 11.3. The average molecular weight is 143 g/mol. The van der Waals surface area contributed by atoms with Crippen LogP contribution in [-0.4, -0.2) is 30.1 Å². The lowest BCUT2D eigenvalue weighted by atomic mass is 10.3. The van der Waals surface area contributed by atoms with Crippen molar-refractivity contribution in [2.45, 2.75) is 13.3 Å². The largest absolute Gasteiger partial charge is 0.478 e. The molecule has 0 unspecified atom stereocenters. The van der Waals surface area contributed by atoms with E-state index in [-0.39, 0.29) is 0 Å². The topological polar surface area (TPSA) is 40.5 Å². The van der Waals surface area contributed by atoms with Gasteiger partial charge >= 0.3 is 5.97 Å². The first-order valence-corrected chi connectivity index (χ1v) is 3.18. The lowest BCUT2D eigenvalue weighted by Gasteiger charge is -2.13. The molecule has 10 heavy (non-hydrogen) atoms. The van der Waals surface area contributed by atoms with Crippen molar-refractivity contribution >= 4 is 5.97 Å². The lowest BCUT2D eigenvalue weighted by Crippen LogP contribution is -2.11. The van der Waals surface area contributed by atoms with E-state index in [1.165, 1.54) is 6.08 Å². The summed E-state index contributed by atoms with van der Waals surface area (Å²) in [6, 6.07) is 0. The SMILES string of the molecule is CC/C(=C\C(=O)O)N(C)C. The Morgan fingerprint density at radius 2 is 2.10 bits per heavy atom. The fourth-order valence-electron chi connectivity index (χ4n) is 0.690. The minimum atomic E-state index is -0.884. The predicted octanol–water partition coefficient (Wildman–Crippen LogP) is 0.927. The van der Waals surface area contributed by atoms with Gasteiger partial charge in [0.15, 0.2) is 0 Å². The molecule has 0 aliphatic carbocycles. The van der Waals surface area contributed by atoms with Crippen LogP contribution >= 0.6 is 0 Å². The summed E-state index contributed by atoms with van der Waals surface area (Å²) < 4.78 is 0. The molecular weight excluding hydrogens is 130 g/mol. The summed E-state index contributed by atoms with van der Waals surface area (Å²) in [4.78, 5) is 12.0. The van der Waals surface area contributed by atoms with Gasteiger partial charge in [-0.15, -0.1) is 0 Å². The molecule has 0 saturated carbocycles. The van der Waals surface area contributed by atoms with Gasteiger partial charge in [0, 0.05) is 25.9 Å². The van der Waals surface area contributed by atoms with E-state index in [0.29, 0.717) is 0 Å². The van der Waals surface area contributed by atoms with Crippen LogP contribution in [0.15, 0.2) is 11.8 Å². The molecule has 0 aromatic carbocycles. The Balaban J connectivity index is 4.18. The monoisotopic (exact) mass is 143 g/mol. The zero-order chi connectivity index (χ0) is 8.15. The minimum absolute atomic E-state index is 0.749. The van der Waals surface area contributed by atoms with Gasteiger partial charge in [-0.1, -0.05) is 6.92 Å². The van der Waals surface area contributed by atoms with Crippen LogP contribution in [0.1, 0.15) is 13.3 Å². The van der Waals surface area contributed by atoms with Crippen LogP contribution in [0.5, 0.6) is 0 Å². The van der Waals surface area contributed by atoms with Crippen molar-refractivity contribution in [3.8, 4) is 0 Å². The van der Waals surface area contributed by atoms with Gasteiger partial charge in [-0.25, -0.2) is 4.79 Å². The Bertz CT molecular complexity index is 150. The minimum Gasteiger partial charge on any atom is -0.478 e. The molecule has 0 amide bonds. The van der Waals surface area contributed by atoms with Crippen molar-refractivity contribution in [1.29, 1.82) is 0 Å². The Kier molecular flexibility index (Phi) is 3.54. The standard InChI is InChI=1S/C7H13NO2/c1-4-6(8(2)3)5-7(9)10/h5H,4H2,1-3H3,(H,9,10)/b6-5+. The summed E-state index contributed by atoms with van der Waals surface area (Å²) >= 11 is 0. The fraction of sp³-hybridized carbons (Fsp3) is 0.571. The Hall–Kier alpha value is -0.990. The quantitative estimate of drug-likeness (QED) is 0.597. The molecule has 0 aliphatic heterocycles. The maximum Gasteiger partial charge on any atom is 0.330 e. The third-order valence-corrected chi connectivity index (χ3v) is 1.23. The smallest absolute Gasteiger partial charge is 0.330 e. The second kappa shape index (κ2) is 3.93. The van der Waals surface area contributed by atoms with Crippen molar-refractivity contribution in [2.75, 3.05) is 14.1 Å². The van der Waals surface area contributed by atoms with Crippen molar-refractivity contribution in [3.05, 3.63) is 11.8 Å². The summed E-state index contributed by atoms with van der Waals surface area (Å²) in [5.41, 5.74) is 0.826. The zero-order valence-corrected chi connectivity index (χ0v) is 6.59. The van der Waals surface area contributed by atoms with Gasteiger partial charge < -0.3 is 10.0 Å². The van der Waals surface area contributed by atoms with Crippen LogP contribution in [-0.2, 0) is 4.79 Å². The van der Waals surface area contributed by atoms with E-state index in [0.717, 1.165) is 12.1 Å². The van der Waals surface area contributed by atoms with Crippen LogP contribution in [0.25, 0.3) is 0 Å². The number of allylic oxidation sites excluding steroid dienone is 1. The highest BCUT2D eigenvalue weighted by atomic mass is 16.4. The van der Waals surface area contributed by atoms with Gasteiger partial charge in [0.25, 0.3) is 0 Å². The molecule has 1 N–H and O–H groups in total. The van der Waals surface area contributed by atoms with Gasteiger partial charge in [-0.05, 0) is 6.42 Å². The molecule has 0 rings (SSSR count). The second-order valence-corrected chi connectivity index (χ2v) is 2.22. The van der Waals surface area contributed by atoms with E-state index in [4.69, 9.17) is 5.11 Å². The summed E-state index contributed by atoms with van der Waals surface area (Å²) in [6.07, 6.45) is 1.97. The van der Waals surface area contributed by atoms with E-state index >= 15 is 0 Å². The maximum absolute atomic E-state index is 10.2. The van der Waals surface area contributed by atoms with Crippen LogP contribution < -0.4 is 0 Å². The van der Waals surface area contributed by atoms with Crippen LogP contribution in [0.4, 0.5) is 0 Å². The fourth-order valence-corrected chi connectivity index (χ4v) is 0.690. The van der Waals surface area contributed by atoms with E-state index in [9.17, 15) is 4.79 Å². The first-order chi connectivity index (χ1) is 4.57. The zero-order valence-electron chi connectivity index (χ0n) is 6.59. The van der Waals surface area contributed by atoms with Gasteiger partial charge in [0.1, 0.15) is 0 Å². The van der Waals surface area contributed by atoms with Crippen LogP contribution in [0.2, 0.25) is 0 Å². The van der Waals surface area contributed by atoms with Crippen molar-refractivity contribution in [3.63, 3.8) is 0 Å². The number of rotatable bonds is 3. The number of hydrogen-bond acceptors (Lipinski definition) is 2. The van der Waals surface area contributed by atoms with Gasteiger partial charge in [0.05, 0.1) is 0 Å². The van der Waals surface area contributed by atoms with E-state index in [2.05, 4.69) is 0 Å². The van der Waals surface area contributed by atoms with Gasteiger partial charge in [-0.3, -0.25) is 0 Å². The molecule has 0 fully saturated rings. The van der Waals surface area contributed by atoms with Crippen LogP contribution in [0, 0.1) is 0 Å². The molecule has 0 atom stereocenters. The number of carboxylic acids is 1. The molecule has 0 radical (unpaired) electrons. The summed E-state index contributed by atoms with van der Waals surface area (Å²) in [7, 11) is 3.66. The average Bonchev–Trinajstić information content (AvgIpc) is 1.81. The molecule has 3 nitrogen and oxygen atoms in total. The highest BCUT2D eigenvalue weighted by molar-refractivity contribution is 5.80. The van der Waals surface area contributed by atoms with E-state index < -0.39 is 5.97 Å². The van der Waals surface area contributed by atoms with Crippen molar-refractivity contribution in [1.82, 2.24) is 4.90 Å².